The first-order valence-corrected chi connectivity index (χ1v) is 16.7. The van der Waals surface area contributed by atoms with Crippen LogP contribution in [0.3, 0.4) is 0 Å². The fraction of sp³-hybridized carbons (Fsp3) is 0.812. The van der Waals surface area contributed by atoms with Gasteiger partial charge in [-0.2, -0.15) is 0 Å². The number of carboxylic acids is 1. The number of aliphatic hydroxyl groups is 4. The average molecular weight is 659 g/mol. The van der Waals surface area contributed by atoms with Crippen molar-refractivity contribution in [3.8, 4) is 5.75 Å². The molecule has 14 nitrogen and oxygen atoms in total. The zero-order valence-electron chi connectivity index (χ0n) is 27.2. The van der Waals surface area contributed by atoms with Crippen LogP contribution in [0, 0.1) is 0 Å². The number of hydrogen-bond acceptors (Lipinski definition) is 12. The third-order valence-corrected chi connectivity index (χ3v) is 8.19. The summed E-state index contributed by atoms with van der Waals surface area (Å²) in [5, 5.41) is 56.2. The van der Waals surface area contributed by atoms with Crippen molar-refractivity contribution in [1.29, 1.82) is 0 Å². The van der Waals surface area contributed by atoms with Crippen LogP contribution in [0.4, 0.5) is 5.69 Å². The maximum absolute atomic E-state index is 12.3. The third kappa shape index (κ3) is 11.6. The van der Waals surface area contributed by atoms with E-state index in [0.717, 1.165) is 19.3 Å². The first-order chi connectivity index (χ1) is 22.0. The second-order valence-electron chi connectivity index (χ2n) is 12.0. The zero-order chi connectivity index (χ0) is 34.1. The zero-order valence-corrected chi connectivity index (χ0v) is 27.2. The fourth-order valence-corrected chi connectivity index (χ4v) is 5.46. The van der Waals surface area contributed by atoms with Gasteiger partial charge in [0.25, 0.3) is 16.6 Å². The van der Waals surface area contributed by atoms with Crippen molar-refractivity contribution in [3.05, 3.63) is 20.4 Å². The summed E-state index contributed by atoms with van der Waals surface area (Å²) in [6.07, 6.45) is 3.88. The summed E-state index contributed by atoms with van der Waals surface area (Å²) >= 11 is 0. The number of rotatable bonds is 25. The van der Waals surface area contributed by atoms with E-state index in [1.807, 2.05) is 0 Å². The Labute approximate surface area is 270 Å². The minimum Gasteiger partial charge on any atom is -0.487 e. The molecular weight excluding hydrogens is 604 g/mol. The van der Waals surface area contributed by atoms with Gasteiger partial charge in [0.05, 0.1) is 32.0 Å². The Kier molecular flexibility index (Phi) is 17.7. The molecule has 0 saturated carbocycles. The summed E-state index contributed by atoms with van der Waals surface area (Å²) in [4.78, 5) is 48.5. The van der Waals surface area contributed by atoms with Gasteiger partial charge in [0.15, 0.2) is 5.75 Å². The lowest BCUT2D eigenvalue weighted by Gasteiger charge is -2.46. The fourth-order valence-electron chi connectivity index (χ4n) is 5.46. The van der Waals surface area contributed by atoms with Gasteiger partial charge in [0, 0.05) is 19.4 Å². The third-order valence-electron chi connectivity index (χ3n) is 8.19. The van der Waals surface area contributed by atoms with Gasteiger partial charge in [-0.1, -0.05) is 58.8 Å². The first-order valence-electron chi connectivity index (χ1n) is 16.7. The normalized spacial score (nSPS) is 22.8. The maximum Gasteiger partial charge on any atom is 0.364 e. The number of amides is 1. The lowest BCUT2D eigenvalue weighted by atomic mass is 9.88. The van der Waals surface area contributed by atoms with Crippen molar-refractivity contribution in [2.45, 2.75) is 140 Å². The Balaban J connectivity index is 1.82. The molecular formula is C32H54N2O12. The molecule has 1 aliphatic rings. The van der Waals surface area contributed by atoms with Gasteiger partial charge in [-0.25, -0.2) is 4.79 Å². The lowest BCUT2D eigenvalue weighted by molar-refractivity contribution is -0.311. The molecule has 1 heterocycles. The minimum atomic E-state index is -2.38. The van der Waals surface area contributed by atoms with Crippen LogP contribution in [0.2, 0.25) is 0 Å². The first kappa shape index (κ1) is 39.6. The molecule has 14 heteroatoms. The van der Waals surface area contributed by atoms with Gasteiger partial charge >= 0.3 is 5.97 Å². The molecule has 1 saturated heterocycles. The summed E-state index contributed by atoms with van der Waals surface area (Å²) in [5.41, 5.74) is -1.07. The number of hydrogen-bond donors (Lipinski definition) is 7. The summed E-state index contributed by atoms with van der Waals surface area (Å²) in [6, 6.07) is -1.26. The molecule has 0 unspecified atom stereocenters. The predicted octanol–water partition coefficient (Wildman–Crippen LogP) is 1.33. The van der Waals surface area contributed by atoms with Crippen molar-refractivity contribution in [2.75, 3.05) is 31.7 Å². The molecule has 2 rings (SSSR count). The molecule has 1 aromatic carbocycles. The highest BCUT2D eigenvalue weighted by molar-refractivity contribution is 5.77. The van der Waals surface area contributed by atoms with Gasteiger partial charge in [-0.3, -0.25) is 14.4 Å². The van der Waals surface area contributed by atoms with Crippen LogP contribution in [-0.4, -0.2) is 100 Å². The van der Waals surface area contributed by atoms with E-state index < -0.39 is 72.0 Å². The molecule has 0 aliphatic carbocycles. The number of nitrogens with one attached hydrogen (secondary N) is 2. The molecule has 7 N–H and O–H groups in total. The van der Waals surface area contributed by atoms with E-state index in [2.05, 4.69) is 17.6 Å². The molecule has 1 amide bonds. The second-order valence-corrected chi connectivity index (χ2v) is 12.0. The van der Waals surface area contributed by atoms with Gasteiger partial charge < -0.3 is 50.4 Å². The Hall–Kier alpha value is -2.62. The summed E-state index contributed by atoms with van der Waals surface area (Å²) in [6.45, 7) is 3.71. The van der Waals surface area contributed by atoms with E-state index in [1.165, 1.54) is 32.1 Å². The Morgan fingerprint density at radius 3 is 2.20 bits per heavy atom. The Morgan fingerprint density at radius 1 is 0.935 bits per heavy atom. The number of carbonyl (C=O) groups excluding carboxylic acids is 1. The molecule has 46 heavy (non-hydrogen) atoms. The van der Waals surface area contributed by atoms with E-state index in [0.29, 0.717) is 38.8 Å². The van der Waals surface area contributed by atoms with Gasteiger partial charge in [-0.05, 0) is 32.1 Å². The number of unbranched alkanes of at least 4 members (excludes halogenated alkanes) is 9. The summed E-state index contributed by atoms with van der Waals surface area (Å²) < 4.78 is 16.8. The maximum atomic E-state index is 12.3. The molecule has 1 aromatic rings. The molecule has 0 bridgehead atoms. The van der Waals surface area contributed by atoms with Crippen LogP contribution < -0.4 is 26.2 Å². The van der Waals surface area contributed by atoms with Gasteiger partial charge in [0.1, 0.15) is 24.0 Å². The summed E-state index contributed by atoms with van der Waals surface area (Å²) in [7, 11) is 0. The Bertz CT molecular complexity index is 1120. The Morgan fingerprint density at radius 2 is 1.57 bits per heavy atom. The smallest absolute Gasteiger partial charge is 0.364 e. The SMILES string of the molecule is CCCCCCCCCCOc1c(NCCCCCO[C@]2(C(=O)O)C[C@H](O)[C@@H](NC(=O)CCC)[C@H]([C@H](O)[C@H](O)CO)O2)c(=O)c1=O. The van der Waals surface area contributed by atoms with E-state index >= 15 is 0 Å². The van der Waals surface area contributed by atoms with Gasteiger partial charge in [-0.15, -0.1) is 0 Å². The molecule has 0 aromatic heterocycles. The van der Waals surface area contributed by atoms with Gasteiger partial charge in [0.2, 0.25) is 5.91 Å². The molecule has 1 aliphatic heterocycles. The second kappa shape index (κ2) is 20.6. The van der Waals surface area contributed by atoms with Crippen molar-refractivity contribution in [3.63, 3.8) is 0 Å². The average Bonchev–Trinajstić information content (AvgIpc) is 3.03. The molecule has 264 valence electrons. The molecule has 0 spiro atoms. The highest BCUT2D eigenvalue weighted by Crippen LogP contribution is 2.34. The van der Waals surface area contributed by atoms with Crippen LogP contribution in [0.15, 0.2) is 9.59 Å². The molecule has 6 atom stereocenters. The van der Waals surface area contributed by atoms with Crippen LogP contribution in [-0.2, 0) is 19.1 Å². The molecule has 0 radical (unpaired) electrons. The quantitative estimate of drug-likeness (QED) is 0.0583. The predicted molar refractivity (Wildman–Crippen MR) is 170 cm³/mol. The monoisotopic (exact) mass is 658 g/mol. The van der Waals surface area contributed by atoms with E-state index in [-0.39, 0.29) is 24.5 Å². The van der Waals surface area contributed by atoms with Crippen molar-refractivity contribution >= 4 is 17.6 Å². The van der Waals surface area contributed by atoms with Crippen LogP contribution in [0.1, 0.15) is 104 Å². The topological polar surface area (TPSA) is 221 Å². The highest BCUT2D eigenvalue weighted by atomic mass is 16.7. The van der Waals surface area contributed by atoms with E-state index in [1.54, 1.807) is 6.92 Å². The number of ether oxygens (including phenoxy) is 3. The number of anilines is 1. The van der Waals surface area contributed by atoms with Crippen molar-refractivity contribution in [2.24, 2.45) is 0 Å². The number of carboxylic acid groups (broad SMARTS) is 1. The summed E-state index contributed by atoms with van der Waals surface area (Å²) in [5.74, 6) is -4.34. The van der Waals surface area contributed by atoms with E-state index in [9.17, 15) is 44.7 Å². The van der Waals surface area contributed by atoms with Crippen LogP contribution in [0.5, 0.6) is 5.75 Å². The largest absolute Gasteiger partial charge is 0.487 e. The number of aliphatic carboxylic acids is 1. The molecule has 1 fully saturated rings. The lowest BCUT2D eigenvalue weighted by Crippen LogP contribution is -2.68. The van der Waals surface area contributed by atoms with Crippen LogP contribution in [0.25, 0.3) is 0 Å². The van der Waals surface area contributed by atoms with E-state index in [4.69, 9.17) is 14.2 Å². The number of aliphatic hydroxyl groups excluding tert-OH is 4. The van der Waals surface area contributed by atoms with Crippen molar-refractivity contribution < 1.29 is 49.3 Å². The minimum absolute atomic E-state index is 0.0694. The standard InChI is InChI=1S/C32H54N2O12/c1-3-5-6-7-8-9-10-13-17-44-29-25(27(40)28(29)41)33-16-12-11-14-18-45-32(31(42)43)19-21(36)24(34-23(38)15-4-2)30(46-32)26(39)22(37)20-35/h21-22,24,26,30,33,35-37,39H,3-20H2,1-2H3,(H,34,38)(H,42,43)/t21-,22+,24+,26+,30+,32+/m0/s1. The van der Waals surface area contributed by atoms with Crippen LogP contribution >= 0.6 is 0 Å². The van der Waals surface area contributed by atoms with Crippen molar-refractivity contribution in [1.82, 2.24) is 5.32 Å². The number of carbonyl (C=O) groups is 2. The highest BCUT2D eigenvalue weighted by Gasteiger charge is 2.55.